The van der Waals surface area contributed by atoms with Crippen LogP contribution >= 0.6 is 0 Å². The number of aromatic nitrogens is 6. The van der Waals surface area contributed by atoms with Gasteiger partial charge in [0, 0.05) is 89.0 Å². The number of ether oxygens (including phenoxy) is 2. The first-order chi connectivity index (χ1) is 32.9. The SMILES string of the molecule is Cc1c(N2CCC[C@H]2[C@@H](C)OCCC(=O)N2CCN(c3ccc(C#N)cn3)CC2)cn[nH]c1=O.Cc1c(N2CCC[C@H]2[C@H](C)OCCC(=O)N2CCN(c3ccc(C#N)cn3)CC2)cn[nH]c1=O. The molecule has 8 rings (SSSR count). The zero-order valence-electron chi connectivity index (χ0n) is 39.5. The Labute approximate surface area is 396 Å². The number of nitriles is 2. The molecular formula is C48H62N14O6. The van der Waals surface area contributed by atoms with Crippen molar-refractivity contribution in [1.82, 2.24) is 40.2 Å². The Balaban J connectivity index is 0.000000201. The van der Waals surface area contributed by atoms with Gasteiger partial charge in [-0.15, -0.1) is 0 Å². The van der Waals surface area contributed by atoms with E-state index in [0.717, 1.165) is 61.8 Å². The third-order valence-corrected chi connectivity index (χ3v) is 13.5. The van der Waals surface area contributed by atoms with Gasteiger partial charge in [-0.3, -0.25) is 19.2 Å². The summed E-state index contributed by atoms with van der Waals surface area (Å²) < 4.78 is 12.2. The van der Waals surface area contributed by atoms with Crippen LogP contribution in [0.2, 0.25) is 0 Å². The summed E-state index contributed by atoms with van der Waals surface area (Å²) in [5.41, 5.74) is 3.78. The number of carbonyl (C=O) groups excluding carboxylic acids is 2. The zero-order chi connectivity index (χ0) is 48.2. The van der Waals surface area contributed by atoms with Crippen LogP contribution in [0.15, 0.2) is 58.6 Å². The molecule has 0 radical (unpaired) electrons. The molecular weight excluding hydrogens is 869 g/mol. The van der Waals surface area contributed by atoms with E-state index in [4.69, 9.17) is 20.0 Å². The van der Waals surface area contributed by atoms with E-state index in [1.54, 1.807) is 36.9 Å². The third-order valence-electron chi connectivity index (χ3n) is 13.5. The molecule has 4 aliphatic heterocycles. The lowest BCUT2D eigenvalue weighted by molar-refractivity contribution is -0.134. The topological polar surface area (TPSA) is 237 Å². The molecule has 2 amide bonds. The van der Waals surface area contributed by atoms with Crippen molar-refractivity contribution in [2.75, 3.05) is 98.3 Å². The molecule has 20 nitrogen and oxygen atoms in total. The smallest absolute Gasteiger partial charge is 0.269 e. The fraction of sp³-hybridized carbons (Fsp3) is 0.542. The lowest BCUT2D eigenvalue weighted by Gasteiger charge is -2.35. The molecule has 4 aromatic rings. The summed E-state index contributed by atoms with van der Waals surface area (Å²) >= 11 is 0. The van der Waals surface area contributed by atoms with Crippen molar-refractivity contribution in [3.05, 3.63) is 92.0 Å². The number of nitrogens with zero attached hydrogens (tertiary/aromatic N) is 12. The number of H-pyrrole nitrogens is 2. The van der Waals surface area contributed by atoms with E-state index in [-0.39, 0.29) is 47.2 Å². The minimum atomic E-state index is -0.169. The highest BCUT2D eigenvalue weighted by atomic mass is 16.5. The number of hydrogen-bond acceptors (Lipinski definition) is 16. The minimum absolute atomic E-state index is 0.0618. The third kappa shape index (κ3) is 12.0. The van der Waals surface area contributed by atoms with Crippen LogP contribution < -0.4 is 30.7 Å². The number of aromatic amines is 2. The lowest BCUT2D eigenvalue weighted by Crippen LogP contribution is -2.49. The van der Waals surface area contributed by atoms with Gasteiger partial charge in [0.1, 0.15) is 23.8 Å². The van der Waals surface area contributed by atoms with Crippen molar-refractivity contribution in [1.29, 1.82) is 10.5 Å². The first-order valence-electron chi connectivity index (χ1n) is 23.6. The van der Waals surface area contributed by atoms with Crippen LogP contribution in [0.1, 0.15) is 74.6 Å². The number of hydrogen-bond donors (Lipinski definition) is 2. The molecule has 0 saturated carbocycles. The molecule has 20 heteroatoms. The van der Waals surface area contributed by atoms with Gasteiger partial charge in [0.2, 0.25) is 11.8 Å². The van der Waals surface area contributed by atoms with E-state index in [9.17, 15) is 19.2 Å². The Morgan fingerprint density at radius 1 is 0.632 bits per heavy atom. The van der Waals surface area contributed by atoms with Gasteiger partial charge in [-0.05, 0) is 77.6 Å². The Hall–Kier alpha value is -6.90. The highest BCUT2D eigenvalue weighted by molar-refractivity contribution is 5.77. The molecule has 2 N–H and O–H groups in total. The fourth-order valence-electron chi connectivity index (χ4n) is 9.49. The van der Waals surface area contributed by atoms with E-state index < -0.39 is 0 Å². The fourth-order valence-corrected chi connectivity index (χ4v) is 9.49. The number of nitrogens with one attached hydrogen (secondary N) is 2. The van der Waals surface area contributed by atoms with Crippen molar-refractivity contribution in [3.8, 4) is 12.1 Å². The van der Waals surface area contributed by atoms with Crippen LogP contribution in [0.25, 0.3) is 0 Å². The van der Waals surface area contributed by atoms with Crippen molar-refractivity contribution in [3.63, 3.8) is 0 Å². The summed E-state index contributed by atoms with van der Waals surface area (Å²) in [6.45, 7) is 15.6. The maximum absolute atomic E-state index is 12.7. The molecule has 4 aromatic heterocycles. The molecule has 4 atom stereocenters. The van der Waals surface area contributed by atoms with Gasteiger partial charge in [-0.2, -0.15) is 20.7 Å². The number of anilines is 4. The minimum Gasteiger partial charge on any atom is -0.376 e. The number of pyridine rings is 2. The summed E-state index contributed by atoms with van der Waals surface area (Å²) in [5, 5.41) is 30.7. The normalized spacial score (nSPS) is 19.2. The average molecular weight is 931 g/mol. The van der Waals surface area contributed by atoms with Gasteiger partial charge >= 0.3 is 0 Å². The van der Waals surface area contributed by atoms with Crippen LogP contribution in [0.3, 0.4) is 0 Å². The number of carbonyl (C=O) groups is 2. The average Bonchev–Trinajstić information content (AvgIpc) is 4.07. The predicted octanol–water partition coefficient (Wildman–Crippen LogP) is 2.92. The van der Waals surface area contributed by atoms with E-state index in [1.165, 1.54) is 0 Å². The van der Waals surface area contributed by atoms with Gasteiger partial charge in [-0.25, -0.2) is 20.2 Å². The first-order valence-corrected chi connectivity index (χ1v) is 23.6. The molecule has 68 heavy (non-hydrogen) atoms. The highest BCUT2D eigenvalue weighted by Gasteiger charge is 2.33. The largest absolute Gasteiger partial charge is 0.376 e. The Morgan fingerprint density at radius 3 is 1.38 bits per heavy atom. The quantitative estimate of drug-likeness (QED) is 0.185. The van der Waals surface area contributed by atoms with E-state index in [0.29, 0.717) is 101 Å². The monoisotopic (exact) mass is 930 g/mol. The van der Waals surface area contributed by atoms with Crippen LogP contribution in [0.5, 0.6) is 0 Å². The van der Waals surface area contributed by atoms with E-state index in [2.05, 4.69) is 62.1 Å². The predicted molar refractivity (Wildman–Crippen MR) is 255 cm³/mol. The Kier molecular flexibility index (Phi) is 16.7. The van der Waals surface area contributed by atoms with E-state index >= 15 is 0 Å². The maximum atomic E-state index is 12.7. The van der Waals surface area contributed by atoms with Crippen LogP contribution in [0, 0.1) is 36.5 Å². The molecule has 4 saturated heterocycles. The van der Waals surface area contributed by atoms with Crippen molar-refractivity contribution in [2.45, 2.75) is 90.5 Å². The van der Waals surface area contributed by atoms with Crippen molar-refractivity contribution < 1.29 is 19.1 Å². The first kappa shape index (κ1) is 49.0. The summed E-state index contributed by atoms with van der Waals surface area (Å²) in [6.07, 6.45) is 11.1. The van der Waals surface area contributed by atoms with Gasteiger partial charge < -0.3 is 38.9 Å². The second-order valence-electron chi connectivity index (χ2n) is 17.6. The van der Waals surface area contributed by atoms with Gasteiger partial charge in [-0.1, -0.05) is 0 Å². The Bertz CT molecular complexity index is 2350. The molecule has 0 unspecified atom stereocenters. The number of amides is 2. The van der Waals surface area contributed by atoms with Gasteiger partial charge in [0.05, 0.1) is 85.2 Å². The lowest BCUT2D eigenvalue weighted by atomic mass is 10.1. The standard InChI is InChI=1S/2C24H31N7O3/c2*1-17-21(16-27-28-24(17)33)31-8-3-4-20(31)18(2)34-13-7-23(32)30-11-9-29(10-12-30)22-6-5-19(14-25)15-26-22/h2*5-6,15-16,18,20H,3-4,7-13H2,1-2H3,(H,28,33)/t18-,20+;18-,20-/m10/s1. The van der Waals surface area contributed by atoms with Crippen LogP contribution in [-0.2, 0) is 19.1 Å². The molecule has 4 aliphatic rings. The summed E-state index contributed by atoms with van der Waals surface area (Å²) in [6, 6.07) is 11.7. The molecule has 0 bridgehead atoms. The summed E-state index contributed by atoms with van der Waals surface area (Å²) in [4.78, 5) is 70.5. The highest BCUT2D eigenvalue weighted by Crippen LogP contribution is 2.30. The molecule has 0 spiro atoms. The zero-order valence-corrected chi connectivity index (χ0v) is 39.5. The molecule has 8 heterocycles. The molecule has 4 fully saturated rings. The van der Waals surface area contributed by atoms with E-state index in [1.807, 2.05) is 49.6 Å². The number of rotatable bonds is 14. The molecule has 0 aliphatic carbocycles. The summed E-state index contributed by atoms with van der Waals surface area (Å²) in [5.74, 6) is 1.85. The van der Waals surface area contributed by atoms with Gasteiger partial charge in [0.15, 0.2) is 0 Å². The Morgan fingerprint density at radius 2 is 1.03 bits per heavy atom. The van der Waals surface area contributed by atoms with Crippen molar-refractivity contribution in [2.24, 2.45) is 0 Å². The number of piperazine rings is 2. The van der Waals surface area contributed by atoms with Crippen molar-refractivity contribution >= 4 is 34.8 Å². The van der Waals surface area contributed by atoms with Gasteiger partial charge in [0.25, 0.3) is 11.1 Å². The van der Waals surface area contributed by atoms with Crippen LogP contribution in [-0.4, -0.2) is 155 Å². The maximum Gasteiger partial charge on any atom is 0.269 e. The van der Waals surface area contributed by atoms with Crippen LogP contribution in [0.4, 0.5) is 23.0 Å². The second-order valence-corrected chi connectivity index (χ2v) is 17.6. The molecule has 0 aromatic carbocycles. The molecule has 360 valence electrons. The second kappa shape index (κ2) is 23.2. The summed E-state index contributed by atoms with van der Waals surface area (Å²) in [7, 11) is 0.